The third-order valence-electron chi connectivity index (χ3n) is 1.74. The third kappa shape index (κ3) is 4.56. The minimum Gasteiger partial charge on any atom is -0.399 e. The first-order chi connectivity index (χ1) is 7.22. The SMILES string of the molecule is Nc1cccc(NC(=O)NCCCCl)c1. The largest absolute Gasteiger partial charge is 0.399 e. The summed E-state index contributed by atoms with van der Waals surface area (Å²) in [6, 6.07) is 6.77. The quantitative estimate of drug-likeness (QED) is 0.419. The van der Waals surface area contributed by atoms with Gasteiger partial charge in [-0.2, -0.15) is 0 Å². The van der Waals surface area contributed by atoms with E-state index in [1.807, 2.05) is 0 Å². The van der Waals surface area contributed by atoms with Crippen LogP contribution in [-0.2, 0) is 0 Å². The average molecular weight is 228 g/mol. The lowest BCUT2D eigenvalue weighted by molar-refractivity contribution is 0.252. The zero-order valence-electron chi connectivity index (χ0n) is 8.29. The van der Waals surface area contributed by atoms with Crippen molar-refractivity contribution < 1.29 is 4.79 Å². The average Bonchev–Trinajstić information content (AvgIpc) is 2.18. The van der Waals surface area contributed by atoms with E-state index < -0.39 is 0 Å². The molecule has 0 spiro atoms. The highest BCUT2D eigenvalue weighted by atomic mass is 35.5. The fourth-order valence-corrected chi connectivity index (χ4v) is 1.19. The Kier molecular flexibility index (Phi) is 4.77. The first-order valence-corrected chi connectivity index (χ1v) is 5.22. The van der Waals surface area contributed by atoms with Gasteiger partial charge in [-0.3, -0.25) is 0 Å². The van der Waals surface area contributed by atoms with Crippen molar-refractivity contribution in [1.29, 1.82) is 0 Å². The number of benzene rings is 1. The molecule has 4 N–H and O–H groups in total. The van der Waals surface area contributed by atoms with Crippen LogP contribution in [0.5, 0.6) is 0 Å². The lowest BCUT2D eigenvalue weighted by atomic mass is 10.3. The number of hydrogen-bond acceptors (Lipinski definition) is 2. The molecule has 82 valence electrons. The number of amides is 2. The second-order valence-electron chi connectivity index (χ2n) is 3.05. The van der Waals surface area contributed by atoms with Gasteiger partial charge in [0.2, 0.25) is 0 Å². The number of urea groups is 1. The molecule has 0 heterocycles. The molecule has 0 aromatic heterocycles. The third-order valence-corrected chi connectivity index (χ3v) is 2.01. The predicted molar refractivity (Wildman–Crippen MR) is 63.2 cm³/mol. The van der Waals surface area contributed by atoms with Crippen molar-refractivity contribution in [2.24, 2.45) is 0 Å². The summed E-state index contributed by atoms with van der Waals surface area (Å²) < 4.78 is 0. The van der Waals surface area contributed by atoms with E-state index in [1.54, 1.807) is 24.3 Å². The molecule has 1 aromatic rings. The fraction of sp³-hybridized carbons (Fsp3) is 0.300. The number of carbonyl (C=O) groups excluding carboxylic acids is 1. The Morgan fingerprint density at radius 2 is 2.27 bits per heavy atom. The zero-order chi connectivity index (χ0) is 11.1. The zero-order valence-corrected chi connectivity index (χ0v) is 9.05. The van der Waals surface area contributed by atoms with E-state index in [0.717, 1.165) is 6.42 Å². The molecule has 0 fully saturated rings. The van der Waals surface area contributed by atoms with E-state index in [1.165, 1.54) is 0 Å². The van der Waals surface area contributed by atoms with Crippen molar-refractivity contribution in [1.82, 2.24) is 5.32 Å². The monoisotopic (exact) mass is 227 g/mol. The van der Waals surface area contributed by atoms with E-state index in [9.17, 15) is 4.79 Å². The maximum absolute atomic E-state index is 11.3. The first kappa shape index (κ1) is 11.7. The van der Waals surface area contributed by atoms with Crippen LogP contribution in [-0.4, -0.2) is 18.5 Å². The van der Waals surface area contributed by atoms with E-state index in [2.05, 4.69) is 10.6 Å². The van der Waals surface area contributed by atoms with E-state index in [4.69, 9.17) is 17.3 Å². The van der Waals surface area contributed by atoms with Gasteiger partial charge < -0.3 is 16.4 Å². The molecule has 15 heavy (non-hydrogen) atoms. The molecule has 0 aliphatic carbocycles. The van der Waals surface area contributed by atoms with Crippen LogP contribution in [0, 0.1) is 0 Å². The van der Waals surface area contributed by atoms with Gasteiger partial charge in [-0.25, -0.2) is 4.79 Å². The van der Waals surface area contributed by atoms with Crippen LogP contribution in [0.4, 0.5) is 16.2 Å². The summed E-state index contributed by atoms with van der Waals surface area (Å²) in [5.41, 5.74) is 6.86. The van der Waals surface area contributed by atoms with Crippen LogP contribution < -0.4 is 16.4 Å². The van der Waals surface area contributed by atoms with Gasteiger partial charge >= 0.3 is 6.03 Å². The van der Waals surface area contributed by atoms with Crippen LogP contribution in [0.25, 0.3) is 0 Å². The van der Waals surface area contributed by atoms with Crippen molar-refractivity contribution in [3.05, 3.63) is 24.3 Å². The van der Waals surface area contributed by atoms with Gasteiger partial charge in [-0.15, -0.1) is 11.6 Å². The van der Waals surface area contributed by atoms with Crippen LogP contribution in [0.2, 0.25) is 0 Å². The van der Waals surface area contributed by atoms with Crippen molar-refractivity contribution in [2.75, 3.05) is 23.5 Å². The highest BCUT2D eigenvalue weighted by molar-refractivity contribution is 6.17. The molecule has 0 radical (unpaired) electrons. The number of nitrogens with two attached hydrogens (primary N) is 1. The van der Waals surface area contributed by atoms with Crippen LogP contribution in [0.3, 0.4) is 0 Å². The van der Waals surface area contributed by atoms with E-state index >= 15 is 0 Å². The number of halogens is 1. The Bertz CT molecular complexity index is 330. The fourth-order valence-electron chi connectivity index (χ4n) is 1.06. The molecule has 0 bridgehead atoms. The summed E-state index contributed by atoms with van der Waals surface area (Å²) in [4.78, 5) is 11.3. The lowest BCUT2D eigenvalue weighted by Gasteiger charge is -2.07. The summed E-state index contributed by atoms with van der Waals surface area (Å²) in [5, 5.41) is 5.34. The van der Waals surface area contributed by atoms with Gasteiger partial charge in [0.15, 0.2) is 0 Å². The van der Waals surface area contributed by atoms with Crippen molar-refractivity contribution >= 4 is 29.0 Å². The molecule has 2 amide bonds. The summed E-state index contributed by atoms with van der Waals surface area (Å²) in [6.45, 7) is 0.567. The predicted octanol–water partition coefficient (Wildman–Crippen LogP) is 2.02. The van der Waals surface area contributed by atoms with E-state index in [0.29, 0.717) is 23.8 Å². The van der Waals surface area contributed by atoms with Gasteiger partial charge in [0.05, 0.1) is 0 Å². The second kappa shape index (κ2) is 6.14. The van der Waals surface area contributed by atoms with Crippen LogP contribution in [0.15, 0.2) is 24.3 Å². The van der Waals surface area contributed by atoms with Gasteiger partial charge in [0.1, 0.15) is 0 Å². The normalized spacial score (nSPS) is 9.67. The van der Waals surface area contributed by atoms with Gasteiger partial charge in [0, 0.05) is 23.8 Å². The number of nitrogen functional groups attached to an aromatic ring is 1. The summed E-state index contributed by atoms with van der Waals surface area (Å²) in [5.74, 6) is 0.540. The standard InChI is InChI=1S/C10H14ClN3O/c11-5-2-6-13-10(15)14-9-4-1-3-8(12)7-9/h1,3-4,7H,2,5-6,12H2,(H2,13,14,15). The molecule has 0 aliphatic heterocycles. The first-order valence-electron chi connectivity index (χ1n) is 4.68. The molecule has 0 unspecified atom stereocenters. The Labute approximate surface area is 93.8 Å². The number of anilines is 2. The minimum atomic E-state index is -0.245. The van der Waals surface area contributed by atoms with Crippen LogP contribution >= 0.6 is 11.6 Å². The number of rotatable bonds is 4. The van der Waals surface area contributed by atoms with Crippen molar-refractivity contribution in [2.45, 2.75) is 6.42 Å². The number of carbonyl (C=O) groups is 1. The summed E-state index contributed by atoms with van der Waals surface area (Å²) >= 11 is 5.48. The van der Waals surface area contributed by atoms with Gasteiger partial charge in [-0.05, 0) is 24.6 Å². The Hall–Kier alpha value is -1.42. The minimum absolute atomic E-state index is 0.245. The number of alkyl halides is 1. The summed E-state index contributed by atoms with van der Waals surface area (Å²) in [6.07, 6.45) is 0.756. The van der Waals surface area contributed by atoms with Gasteiger partial charge in [-0.1, -0.05) is 6.07 Å². The maximum atomic E-state index is 11.3. The van der Waals surface area contributed by atoms with Gasteiger partial charge in [0.25, 0.3) is 0 Å². The number of nitrogens with one attached hydrogen (secondary N) is 2. The van der Waals surface area contributed by atoms with Crippen molar-refractivity contribution in [3.8, 4) is 0 Å². The Balaban J connectivity index is 2.37. The molecular formula is C10H14ClN3O. The van der Waals surface area contributed by atoms with E-state index in [-0.39, 0.29) is 6.03 Å². The smallest absolute Gasteiger partial charge is 0.319 e. The molecule has 1 aromatic carbocycles. The molecule has 5 heteroatoms. The Morgan fingerprint density at radius 1 is 1.47 bits per heavy atom. The second-order valence-corrected chi connectivity index (χ2v) is 3.43. The Morgan fingerprint density at radius 3 is 2.93 bits per heavy atom. The van der Waals surface area contributed by atoms with Crippen molar-refractivity contribution in [3.63, 3.8) is 0 Å². The molecule has 0 aliphatic rings. The maximum Gasteiger partial charge on any atom is 0.319 e. The lowest BCUT2D eigenvalue weighted by Crippen LogP contribution is -2.29. The van der Waals surface area contributed by atoms with Crippen LogP contribution in [0.1, 0.15) is 6.42 Å². The highest BCUT2D eigenvalue weighted by Crippen LogP contribution is 2.11. The molecule has 0 saturated carbocycles. The molecule has 0 saturated heterocycles. The molecule has 0 atom stereocenters. The molecule has 4 nitrogen and oxygen atoms in total. The molecule has 1 rings (SSSR count). The molecular weight excluding hydrogens is 214 g/mol. The number of hydrogen-bond donors (Lipinski definition) is 3. The highest BCUT2D eigenvalue weighted by Gasteiger charge is 2.00. The topological polar surface area (TPSA) is 67.1 Å². The summed E-state index contributed by atoms with van der Waals surface area (Å²) in [7, 11) is 0.